The molecule has 0 aliphatic carbocycles. The third-order valence-electron chi connectivity index (χ3n) is 3.93. The number of primary amides is 1. The quantitative estimate of drug-likeness (QED) is 0.543. The molecule has 0 saturated carbocycles. The van der Waals surface area contributed by atoms with Crippen molar-refractivity contribution in [1.29, 1.82) is 0 Å². The number of nitrogen functional groups attached to an aromatic ring is 1. The van der Waals surface area contributed by atoms with Crippen LogP contribution in [-0.2, 0) is 6.54 Å². The van der Waals surface area contributed by atoms with E-state index in [1.807, 2.05) is 55.5 Å². The van der Waals surface area contributed by atoms with E-state index in [0.717, 1.165) is 33.9 Å². The molecule has 5 nitrogen and oxygen atoms in total. The molecule has 5 heteroatoms. The molecular weight excluding hydrogens is 300 g/mol. The SMILES string of the molecule is Cc1[nH]c(-c2ccccc2NCc2cccc(N)c2)cc1C(N)=O. The molecule has 3 aromatic rings. The number of anilines is 2. The molecule has 0 radical (unpaired) electrons. The largest absolute Gasteiger partial charge is 0.399 e. The molecule has 0 bridgehead atoms. The second kappa shape index (κ2) is 6.50. The molecule has 1 aromatic heterocycles. The van der Waals surface area contributed by atoms with Gasteiger partial charge in [0.15, 0.2) is 0 Å². The molecule has 24 heavy (non-hydrogen) atoms. The lowest BCUT2D eigenvalue weighted by Gasteiger charge is -2.11. The van der Waals surface area contributed by atoms with Crippen LogP contribution in [0.2, 0.25) is 0 Å². The van der Waals surface area contributed by atoms with Crippen molar-refractivity contribution >= 4 is 17.3 Å². The zero-order valence-electron chi connectivity index (χ0n) is 13.5. The van der Waals surface area contributed by atoms with Gasteiger partial charge in [-0.15, -0.1) is 0 Å². The van der Waals surface area contributed by atoms with Gasteiger partial charge in [0.05, 0.1) is 5.56 Å². The average Bonchev–Trinajstić information content (AvgIpc) is 2.95. The van der Waals surface area contributed by atoms with Crippen molar-refractivity contribution in [2.75, 3.05) is 11.1 Å². The van der Waals surface area contributed by atoms with Gasteiger partial charge in [0.25, 0.3) is 5.91 Å². The van der Waals surface area contributed by atoms with Gasteiger partial charge in [-0.25, -0.2) is 0 Å². The Balaban J connectivity index is 1.88. The van der Waals surface area contributed by atoms with Gasteiger partial charge in [0.1, 0.15) is 0 Å². The topological polar surface area (TPSA) is 96.9 Å². The first-order valence-electron chi connectivity index (χ1n) is 7.71. The summed E-state index contributed by atoms with van der Waals surface area (Å²) in [4.78, 5) is 14.7. The lowest BCUT2D eigenvalue weighted by Crippen LogP contribution is -2.10. The molecule has 122 valence electrons. The van der Waals surface area contributed by atoms with Gasteiger partial charge in [0, 0.05) is 34.9 Å². The van der Waals surface area contributed by atoms with Gasteiger partial charge in [-0.05, 0) is 36.8 Å². The zero-order chi connectivity index (χ0) is 17.1. The van der Waals surface area contributed by atoms with Crippen molar-refractivity contribution in [3.05, 3.63) is 71.4 Å². The van der Waals surface area contributed by atoms with E-state index in [1.54, 1.807) is 6.07 Å². The molecule has 2 aromatic carbocycles. The number of amides is 1. The monoisotopic (exact) mass is 320 g/mol. The highest BCUT2D eigenvalue weighted by molar-refractivity contribution is 5.96. The van der Waals surface area contributed by atoms with Gasteiger partial charge in [-0.1, -0.05) is 30.3 Å². The minimum atomic E-state index is -0.430. The lowest BCUT2D eigenvalue weighted by molar-refractivity contribution is 0.1000. The Hall–Kier alpha value is -3.21. The fraction of sp³-hybridized carbons (Fsp3) is 0.105. The fourth-order valence-electron chi connectivity index (χ4n) is 2.73. The van der Waals surface area contributed by atoms with Crippen molar-refractivity contribution in [1.82, 2.24) is 4.98 Å². The highest BCUT2D eigenvalue weighted by Crippen LogP contribution is 2.29. The third kappa shape index (κ3) is 3.25. The van der Waals surface area contributed by atoms with Crippen molar-refractivity contribution in [3.63, 3.8) is 0 Å². The van der Waals surface area contributed by atoms with Crippen molar-refractivity contribution in [3.8, 4) is 11.3 Å². The van der Waals surface area contributed by atoms with E-state index in [4.69, 9.17) is 11.5 Å². The summed E-state index contributed by atoms with van der Waals surface area (Å²) in [5.74, 6) is -0.430. The second-order valence-corrected chi connectivity index (χ2v) is 5.73. The number of aryl methyl sites for hydroxylation is 1. The minimum absolute atomic E-state index is 0.430. The van der Waals surface area contributed by atoms with Crippen LogP contribution >= 0.6 is 0 Å². The predicted molar refractivity (Wildman–Crippen MR) is 97.7 cm³/mol. The summed E-state index contributed by atoms with van der Waals surface area (Å²) >= 11 is 0. The van der Waals surface area contributed by atoms with Gasteiger partial charge in [-0.3, -0.25) is 4.79 Å². The number of hydrogen-bond donors (Lipinski definition) is 4. The number of carbonyl (C=O) groups excluding carboxylic acids is 1. The number of benzene rings is 2. The Morgan fingerprint density at radius 1 is 1.12 bits per heavy atom. The Labute approximate surface area is 140 Å². The first-order valence-corrected chi connectivity index (χ1v) is 7.71. The maximum Gasteiger partial charge on any atom is 0.250 e. The maximum absolute atomic E-state index is 11.5. The lowest BCUT2D eigenvalue weighted by atomic mass is 10.1. The number of carbonyl (C=O) groups is 1. The average molecular weight is 320 g/mol. The fourth-order valence-corrected chi connectivity index (χ4v) is 2.73. The molecule has 0 aliphatic heterocycles. The smallest absolute Gasteiger partial charge is 0.250 e. The van der Waals surface area contributed by atoms with Gasteiger partial charge < -0.3 is 21.8 Å². The Bertz CT molecular complexity index is 883. The summed E-state index contributed by atoms with van der Waals surface area (Å²) in [6.45, 7) is 2.50. The molecule has 0 spiro atoms. The summed E-state index contributed by atoms with van der Waals surface area (Å²) < 4.78 is 0. The number of rotatable bonds is 5. The molecule has 0 fully saturated rings. The Morgan fingerprint density at radius 2 is 1.92 bits per heavy atom. The van der Waals surface area contributed by atoms with Crippen LogP contribution in [0.5, 0.6) is 0 Å². The van der Waals surface area contributed by atoms with Gasteiger partial charge >= 0.3 is 0 Å². The number of para-hydroxylation sites is 1. The van der Waals surface area contributed by atoms with Crippen molar-refractivity contribution < 1.29 is 4.79 Å². The van der Waals surface area contributed by atoms with Gasteiger partial charge in [0.2, 0.25) is 0 Å². The van der Waals surface area contributed by atoms with E-state index >= 15 is 0 Å². The summed E-state index contributed by atoms with van der Waals surface area (Å²) in [6.07, 6.45) is 0. The molecular formula is C19H20N4O. The van der Waals surface area contributed by atoms with Crippen LogP contribution < -0.4 is 16.8 Å². The van der Waals surface area contributed by atoms with E-state index in [9.17, 15) is 4.79 Å². The molecule has 0 atom stereocenters. The van der Waals surface area contributed by atoms with E-state index in [1.165, 1.54) is 0 Å². The molecule has 0 saturated heterocycles. The van der Waals surface area contributed by atoms with Crippen LogP contribution in [0.15, 0.2) is 54.6 Å². The summed E-state index contributed by atoms with van der Waals surface area (Å²) in [5, 5.41) is 3.42. The highest BCUT2D eigenvalue weighted by Gasteiger charge is 2.13. The van der Waals surface area contributed by atoms with Crippen LogP contribution in [-0.4, -0.2) is 10.9 Å². The zero-order valence-corrected chi connectivity index (χ0v) is 13.5. The first kappa shape index (κ1) is 15.7. The Morgan fingerprint density at radius 3 is 2.62 bits per heavy atom. The van der Waals surface area contributed by atoms with E-state index in [2.05, 4.69) is 10.3 Å². The van der Waals surface area contributed by atoms with Crippen LogP contribution in [0.25, 0.3) is 11.3 Å². The van der Waals surface area contributed by atoms with Crippen LogP contribution in [0.4, 0.5) is 11.4 Å². The van der Waals surface area contributed by atoms with Crippen molar-refractivity contribution in [2.24, 2.45) is 5.73 Å². The van der Waals surface area contributed by atoms with E-state index in [0.29, 0.717) is 12.1 Å². The van der Waals surface area contributed by atoms with E-state index < -0.39 is 5.91 Å². The third-order valence-corrected chi connectivity index (χ3v) is 3.93. The normalized spacial score (nSPS) is 10.5. The van der Waals surface area contributed by atoms with Crippen LogP contribution in [0, 0.1) is 6.92 Å². The number of nitrogens with one attached hydrogen (secondary N) is 2. The van der Waals surface area contributed by atoms with Crippen molar-refractivity contribution in [2.45, 2.75) is 13.5 Å². The molecule has 3 rings (SSSR count). The number of aromatic amines is 1. The number of hydrogen-bond acceptors (Lipinski definition) is 3. The molecule has 6 N–H and O–H groups in total. The number of H-pyrrole nitrogens is 1. The molecule has 1 heterocycles. The van der Waals surface area contributed by atoms with Gasteiger partial charge in [-0.2, -0.15) is 0 Å². The minimum Gasteiger partial charge on any atom is -0.399 e. The molecule has 0 unspecified atom stereocenters. The summed E-state index contributed by atoms with van der Waals surface area (Å²) in [5.41, 5.74) is 17.2. The predicted octanol–water partition coefficient (Wildman–Crippen LogP) is 3.28. The Kier molecular flexibility index (Phi) is 4.24. The number of aromatic nitrogens is 1. The first-order chi connectivity index (χ1) is 11.5. The summed E-state index contributed by atoms with van der Waals surface area (Å²) in [7, 11) is 0. The number of nitrogens with two attached hydrogens (primary N) is 2. The highest BCUT2D eigenvalue weighted by atomic mass is 16.1. The molecule has 1 amide bonds. The van der Waals surface area contributed by atoms with E-state index in [-0.39, 0.29) is 0 Å². The van der Waals surface area contributed by atoms with Crippen LogP contribution in [0.1, 0.15) is 21.6 Å². The maximum atomic E-state index is 11.5. The molecule has 0 aliphatic rings. The van der Waals surface area contributed by atoms with Crippen LogP contribution in [0.3, 0.4) is 0 Å². The second-order valence-electron chi connectivity index (χ2n) is 5.73. The standard InChI is InChI=1S/C19H20N4O/c1-12-16(19(21)24)10-18(23-12)15-7-2-3-8-17(15)22-11-13-5-4-6-14(20)9-13/h2-10,22-23H,11,20H2,1H3,(H2,21,24). The summed E-state index contributed by atoms with van der Waals surface area (Å²) in [6, 6.07) is 17.5.